The van der Waals surface area contributed by atoms with E-state index < -0.39 is 0 Å². The van der Waals surface area contributed by atoms with Crippen LogP contribution in [0.5, 0.6) is 0 Å². The second kappa shape index (κ2) is 6.09. The van der Waals surface area contributed by atoms with Gasteiger partial charge in [-0.05, 0) is 43.9 Å². The van der Waals surface area contributed by atoms with Crippen molar-refractivity contribution < 1.29 is 5.11 Å². The molecule has 1 saturated carbocycles. The highest BCUT2D eigenvalue weighted by Crippen LogP contribution is 2.42. The third kappa shape index (κ3) is 3.08. The summed E-state index contributed by atoms with van der Waals surface area (Å²) < 4.78 is 0. The van der Waals surface area contributed by atoms with Crippen LogP contribution in [0.3, 0.4) is 0 Å². The van der Waals surface area contributed by atoms with Gasteiger partial charge in [0.15, 0.2) is 0 Å². The van der Waals surface area contributed by atoms with Gasteiger partial charge in [0, 0.05) is 10.6 Å². The normalized spacial score (nSPS) is 18.6. The Labute approximate surface area is 114 Å². The summed E-state index contributed by atoms with van der Waals surface area (Å²) in [5.41, 5.74) is 1.24. The van der Waals surface area contributed by atoms with Crippen LogP contribution in [-0.4, -0.2) is 29.5 Å². The molecule has 1 aromatic carbocycles. The monoisotopic (exact) mass is 265 g/mol. The van der Waals surface area contributed by atoms with E-state index in [1.165, 1.54) is 23.3 Å². The number of hydrogen-bond acceptors (Lipinski definition) is 3. The minimum atomic E-state index is -0.0816. The van der Waals surface area contributed by atoms with E-state index in [9.17, 15) is 5.11 Å². The number of nitrogens with one attached hydrogen (secondary N) is 1. The smallest absolute Gasteiger partial charge is 0.0624 e. The van der Waals surface area contributed by atoms with Crippen molar-refractivity contribution in [1.29, 1.82) is 0 Å². The van der Waals surface area contributed by atoms with Crippen LogP contribution in [0.4, 0.5) is 0 Å². The fourth-order valence-electron chi connectivity index (χ4n) is 2.46. The molecule has 18 heavy (non-hydrogen) atoms. The molecule has 2 rings (SSSR count). The Bertz CT molecular complexity index is 392. The fraction of sp³-hybridized carbons (Fsp3) is 0.600. The standard InChI is InChI=1S/C15H23NOS/c1-3-16-15(10-17,13-8-9-13)11-18-14-7-5-4-6-12(14)2/h4-7,13,16-17H,3,8-11H2,1-2H3. The molecule has 1 aromatic rings. The van der Waals surface area contributed by atoms with Crippen LogP contribution in [0.1, 0.15) is 25.3 Å². The molecule has 100 valence electrons. The van der Waals surface area contributed by atoms with Crippen molar-refractivity contribution in [2.45, 2.75) is 37.1 Å². The molecule has 3 heteroatoms. The van der Waals surface area contributed by atoms with Crippen molar-refractivity contribution in [3.05, 3.63) is 29.8 Å². The molecule has 0 spiro atoms. The average Bonchev–Trinajstić information content (AvgIpc) is 3.21. The van der Waals surface area contributed by atoms with Crippen LogP contribution >= 0.6 is 11.8 Å². The first-order valence-corrected chi connectivity index (χ1v) is 7.74. The number of aliphatic hydroxyl groups excluding tert-OH is 1. The molecular weight excluding hydrogens is 242 g/mol. The Balaban J connectivity index is 2.03. The zero-order valence-electron chi connectivity index (χ0n) is 11.3. The van der Waals surface area contributed by atoms with Gasteiger partial charge in [0.25, 0.3) is 0 Å². The quantitative estimate of drug-likeness (QED) is 0.744. The van der Waals surface area contributed by atoms with Gasteiger partial charge in [0.05, 0.1) is 12.1 Å². The van der Waals surface area contributed by atoms with E-state index in [1.807, 2.05) is 11.8 Å². The molecule has 1 unspecified atom stereocenters. The number of hydrogen-bond donors (Lipinski definition) is 2. The van der Waals surface area contributed by atoms with Gasteiger partial charge in [-0.1, -0.05) is 25.1 Å². The second-order valence-corrected chi connectivity index (χ2v) is 6.19. The molecule has 1 atom stereocenters. The first-order chi connectivity index (χ1) is 8.72. The summed E-state index contributed by atoms with van der Waals surface area (Å²) >= 11 is 1.86. The summed E-state index contributed by atoms with van der Waals surface area (Å²) in [6, 6.07) is 8.47. The van der Waals surface area contributed by atoms with Crippen LogP contribution in [0.15, 0.2) is 29.2 Å². The number of aliphatic hydroxyl groups is 1. The molecule has 0 saturated heterocycles. The van der Waals surface area contributed by atoms with Gasteiger partial charge in [-0.2, -0.15) is 0 Å². The Hall–Kier alpha value is -0.510. The van der Waals surface area contributed by atoms with Gasteiger partial charge >= 0.3 is 0 Å². The number of benzene rings is 1. The highest BCUT2D eigenvalue weighted by atomic mass is 32.2. The molecule has 0 aromatic heterocycles. The molecule has 2 N–H and O–H groups in total. The van der Waals surface area contributed by atoms with E-state index in [2.05, 4.69) is 43.4 Å². The molecule has 0 aliphatic heterocycles. The van der Waals surface area contributed by atoms with Crippen molar-refractivity contribution in [3.63, 3.8) is 0 Å². The molecule has 1 aliphatic carbocycles. The van der Waals surface area contributed by atoms with E-state index in [1.54, 1.807) is 0 Å². The van der Waals surface area contributed by atoms with Gasteiger partial charge in [-0.15, -0.1) is 11.8 Å². The highest BCUT2D eigenvalue weighted by Gasteiger charge is 2.44. The maximum atomic E-state index is 9.79. The lowest BCUT2D eigenvalue weighted by atomic mass is 9.97. The van der Waals surface area contributed by atoms with Crippen LogP contribution in [0.25, 0.3) is 0 Å². The van der Waals surface area contributed by atoms with E-state index in [0.717, 1.165) is 12.3 Å². The third-order valence-corrected chi connectivity index (χ3v) is 5.18. The summed E-state index contributed by atoms with van der Waals surface area (Å²) in [7, 11) is 0. The van der Waals surface area contributed by atoms with Crippen LogP contribution in [0.2, 0.25) is 0 Å². The van der Waals surface area contributed by atoms with Crippen molar-refractivity contribution in [2.75, 3.05) is 18.9 Å². The first-order valence-electron chi connectivity index (χ1n) is 6.76. The molecule has 0 heterocycles. The molecule has 0 amide bonds. The largest absolute Gasteiger partial charge is 0.394 e. The zero-order chi connectivity index (χ0) is 13.0. The summed E-state index contributed by atoms with van der Waals surface area (Å²) in [6.07, 6.45) is 2.50. The predicted molar refractivity (Wildman–Crippen MR) is 78.1 cm³/mol. The number of thioether (sulfide) groups is 1. The Kier molecular flexibility index (Phi) is 4.71. The summed E-state index contributed by atoms with van der Waals surface area (Å²) in [5.74, 6) is 1.60. The molecular formula is C15H23NOS. The van der Waals surface area contributed by atoms with E-state index >= 15 is 0 Å². The zero-order valence-corrected chi connectivity index (χ0v) is 12.1. The molecule has 2 nitrogen and oxygen atoms in total. The lowest BCUT2D eigenvalue weighted by Crippen LogP contribution is -2.52. The van der Waals surface area contributed by atoms with Crippen molar-refractivity contribution in [2.24, 2.45) is 5.92 Å². The lowest BCUT2D eigenvalue weighted by Gasteiger charge is -2.33. The number of likely N-dealkylation sites (N-methyl/N-ethyl adjacent to an activating group) is 1. The minimum absolute atomic E-state index is 0.0816. The van der Waals surface area contributed by atoms with Gasteiger partial charge in [0.2, 0.25) is 0 Å². The molecule has 0 radical (unpaired) electrons. The summed E-state index contributed by atoms with van der Waals surface area (Å²) in [4.78, 5) is 1.33. The third-order valence-electron chi connectivity index (χ3n) is 3.75. The Morgan fingerprint density at radius 2 is 2.11 bits per heavy atom. The minimum Gasteiger partial charge on any atom is -0.394 e. The fourth-order valence-corrected chi connectivity index (χ4v) is 3.77. The van der Waals surface area contributed by atoms with Crippen molar-refractivity contribution in [3.8, 4) is 0 Å². The first kappa shape index (κ1) is 13.9. The summed E-state index contributed by atoms with van der Waals surface area (Å²) in [6.45, 7) is 5.42. The van der Waals surface area contributed by atoms with Gasteiger partial charge in [-0.25, -0.2) is 0 Å². The van der Waals surface area contributed by atoms with Crippen LogP contribution in [-0.2, 0) is 0 Å². The van der Waals surface area contributed by atoms with Crippen LogP contribution in [0, 0.1) is 12.8 Å². The summed E-state index contributed by atoms with van der Waals surface area (Å²) in [5, 5.41) is 13.3. The molecule has 1 aliphatic rings. The van der Waals surface area contributed by atoms with E-state index in [4.69, 9.17) is 0 Å². The highest BCUT2D eigenvalue weighted by molar-refractivity contribution is 7.99. The average molecular weight is 265 g/mol. The predicted octanol–water partition coefficient (Wildman–Crippen LogP) is 2.84. The SMILES string of the molecule is CCNC(CO)(CSc1ccccc1C)C1CC1. The maximum absolute atomic E-state index is 9.79. The van der Waals surface area contributed by atoms with Crippen molar-refractivity contribution in [1.82, 2.24) is 5.32 Å². The Morgan fingerprint density at radius 1 is 1.39 bits per heavy atom. The van der Waals surface area contributed by atoms with E-state index in [0.29, 0.717) is 5.92 Å². The molecule has 0 bridgehead atoms. The Morgan fingerprint density at radius 3 is 2.67 bits per heavy atom. The second-order valence-electron chi connectivity index (χ2n) is 5.17. The van der Waals surface area contributed by atoms with Gasteiger partial charge in [0.1, 0.15) is 0 Å². The van der Waals surface area contributed by atoms with E-state index in [-0.39, 0.29) is 12.1 Å². The van der Waals surface area contributed by atoms with Gasteiger partial charge < -0.3 is 10.4 Å². The van der Waals surface area contributed by atoms with Crippen LogP contribution < -0.4 is 5.32 Å². The van der Waals surface area contributed by atoms with Gasteiger partial charge in [-0.3, -0.25) is 0 Å². The maximum Gasteiger partial charge on any atom is 0.0624 e. The van der Waals surface area contributed by atoms with Crippen molar-refractivity contribution >= 4 is 11.8 Å². The lowest BCUT2D eigenvalue weighted by molar-refractivity contribution is 0.161. The molecule has 1 fully saturated rings. The number of aryl methyl sites for hydroxylation is 1. The topological polar surface area (TPSA) is 32.3 Å². The number of rotatable bonds is 7.